The first kappa shape index (κ1) is 31.0. The van der Waals surface area contributed by atoms with E-state index in [1.54, 1.807) is 12.1 Å². The number of hydrogen-bond acceptors (Lipinski definition) is 1. The number of unbranched alkanes of at least 4 members (excludes halogenated alkanes) is 1. The predicted molar refractivity (Wildman–Crippen MR) is 123 cm³/mol. The van der Waals surface area contributed by atoms with Crippen LogP contribution in [0.4, 0.5) is 48.3 Å². The van der Waals surface area contributed by atoms with Crippen molar-refractivity contribution in [1.82, 2.24) is 0 Å². The Morgan fingerprint density at radius 3 is 1.59 bits per heavy atom. The van der Waals surface area contributed by atoms with E-state index in [0.717, 1.165) is 49.3 Å². The van der Waals surface area contributed by atoms with Gasteiger partial charge in [0.05, 0.1) is 0 Å². The third kappa shape index (κ3) is 6.14. The Morgan fingerprint density at radius 1 is 0.641 bits per heavy atom. The Kier molecular flexibility index (Phi) is 8.87. The van der Waals surface area contributed by atoms with Crippen LogP contribution in [0.5, 0.6) is 5.75 Å². The molecule has 1 nitrogen and oxygen atoms in total. The van der Waals surface area contributed by atoms with Gasteiger partial charge in [-0.25, -0.2) is 0 Å². The van der Waals surface area contributed by atoms with Crippen LogP contribution in [0.2, 0.25) is 0 Å². The van der Waals surface area contributed by atoms with E-state index >= 15 is 0 Å². The molecule has 0 aliphatic heterocycles. The van der Waals surface area contributed by atoms with Crippen LogP contribution in [0.3, 0.4) is 0 Å². The molecule has 0 spiro atoms. The van der Waals surface area contributed by atoms with E-state index < -0.39 is 35.8 Å². The molecule has 0 saturated heterocycles. The maximum atomic E-state index is 13.9. The van der Waals surface area contributed by atoms with Crippen molar-refractivity contribution in [1.29, 1.82) is 0 Å². The minimum Gasteiger partial charge on any atom is -0.428 e. The molecule has 0 unspecified atom stereocenters. The first-order chi connectivity index (χ1) is 17.9. The number of rotatable bonds is 10. The van der Waals surface area contributed by atoms with Gasteiger partial charge in [-0.05, 0) is 66.3 Å². The summed E-state index contributed by atoms with van der Waals surface area (Å²) in [4.78, 5) is 0. The van der Waals surface area contributed by atoms with E-state index in [0.29, 0.717) is 29.2 Å². The Hall–Kier alpha value is -2.53. The van der Waals surface area contributed by atoms with Crippen molar-refractivity contribution in [3.63, 3.8) is 0 Å². The van der Waals surface area contributed by atoms with Gasteiger partial charge in [0.2, 0.25) is 0 Å². The van der Waals surface area contributed by atoms with Crippen LogP contribution in [0, 0.1) is 5.92 Å². The van der Waals surface area contributed by atoms with Crippen molar-refractivity contribution in [2.24, 2.45) is 5.92 Å². The average Bonchev–Trinajstić information content (AvgIpc) is 2.87. The molecule has 0 radical (unpaired) electrons. The number of ether oxygens (including phenoxy) is 1. The van der Waals surface area contributed by atoms with Gasteiger partial charge < -0.3 is 4.74 Å². The van der Waals surface area contributed by atoms with Gasteiger partial charge in [-0.2, -0.15) is 48.3 Å². The molecule has 0 aromatic heterocycles. The maximum absolute atomic E-state index is 13.9. The van der Waals surface area contributed by atoms with Crippen LogP contribution < -0.4 is 4.74 Å². The minimum atomic E-state index is -7.52. The van der Waals surface area contributed by atoms with E-state index in [9.17, 15) is 48.3 Å². The fourth-order valence-electron chi connectivity index (χ4n) is 4.71. The summed E-state index contributed by atoms with van der Waals surface area (Å²) in [6, 6.07) is 11.0. The molecule has 3 rings (SSSR count). The average molecular weight is 576 g/mol. The third-order valence-electron chi connectivity index (χ3n) is 7.14. The van der Waals surface area contributed by atoms with E-state index in [1.165, 1.54) is 19.3 Å². The minimum absolute atomic E-state index is 0.402. The Morgan fingerprint density at radius 2 is 1.13 bits per heavy atom. The summed E-state index contributed by atoms with van der Waals surface area (Å²) in [5, 5.41) is 0. The molecule has 2 aromatic rings. The highest BCUT2D eigenvalue weighted by Gasteiger charge is 2.88. The van der Waals surface area contributed by atoms with E-state index in [1.807, 2.05) is 12.1 Å². The zero-order chi connectivity index (χ0) is 29.3. The zero-order valence-corrected chi connectivity index (χ0v) is 20.8. The second-order valence-electron chi connectivity index (χ2n) is 9.85. The summed E-state index contributed by atoms with van der Waals surface area (Å²) in [6.07, 6.45) is -5.60. The molecule has 39 heavy (non-hydrogen) atoms. The van der Waals surface area contributed by atoms with Crippen molar-refractivity contribution < 1.29 is 53.0 Å². The maximum Gasteiger partial charge on any atom is 0.471 e. The second kappa shape index (κ2) is 11.2. The molecule has 0 heterocycles. The Bertz CT molecular complexity index is 1070. The summed E-state index contributed by atoms with van der Waals surface area (Å²) in [5.74, 6) is -22.2. The molecule has 1 fully saturated rings. The normalized spacial score (nSPS) is 19.7. The van der Waals surface area contributed by atoms with Crippen LogP contribution >= 0.6 is 0 Å². The molecule has 1 aliphatic rings. The van der Waals surface area contributed by atoms with E-state index in [-0.39, 0.29) is 0 Å². The third-order valence-corrected chi connectivity index (χ3v) is 7.14. The summed E-state index contributed by atoms with van der Waals surface area (Å²) in [7, 11) is 0. The fraction of sp³-hybridized carbons (Fsp3) is 0.556. The Labute approximate surface area is 218 Å². The smallest absolute Gasteiger partial charge is 0.428 e. The highest BCUT2D eigenvalue weighted by atomic mass is 19.4. The first-order valence-corrected chi connectivity index (χ1v) is 12.4. The van der Waals surface area contributed by atoms with Gasteiger partial charge in [-0.15, -0.1) is 0 Å². The molecular weight excluding hydrogens is 549 g/mol. The van der Waals surface area contributed by atoms with Gasteiger partial charge in [-0.3, -0.25) is 0 Å². The van der Waals surface area contributed by atoms with Crippen LogP contribution in [-0.2, 0) is 0 Å². The molecule has 1 aliphatic carbocycles. The molecule has 0 atom stereocenters. The number of halogens is 11. The zero-order valence-electron chi connectivity index (χ0n) is 20.8. The molecular formula is C27H27F11O. The van der Waals surface area contributed by atoms with Crippen LogP contribution in [-0.4, -0.2) is 30.1 Å². The molecule has 1 saturated carbocycles. The fourth-order valence-corrected chi connectivity index (χ4v) is 4.71. The number of benzene rings is 2. The quantitative estimate of drug-likeness (QED) is 0.256. The monoisotopic (exact) mass is 576 g/mol. The highest BCUT2D eigenvalue weighted by Crippen LogP contribution is 2.57. The predicted octanol–water partition coefficient (Wildman–Crippen LogP) is 10.3. The summed E-state index contributed by atoms with van der Waals surface area (Å²) >= 11 is 0. The van der Waals surface area contributed by atoms with Crippen molar-refractivity contribution in [3.05, 3.63) is 54.1 Å². The van der Waals surface area contributed by atoms with Crippen LogP contribution in [0.1, 0.15) is 63.4 Å². The van der Waals surface area contributed by atoms with Gasteiger partial charge in [-0.1, -0.05) is 62.6 Å². The van der Waals surface area contributed by atoms with Crippen LogP contribution in [0.25, 0.3) is 11.1 Å². The van der Waals surface area contributed by atoms with Crippen molar-refractivity contribution in [3.8, 4) is 16.9 Å². The number of hydrogen-bond donors (Lipinski definition) is 0. The molecule has 0 amide bonds. The lowest BCUT2D eigenvalue weighted by atomic mass is 9.77. The standard InChI is InChI=1S/C27H27F11O/c1-2-3-4-17-5-7-18(8-6-17)19-9-11-20(12-10-19)21-13-15-22(16-14-21)39-27(37,38)25(32,33)23(28,29)24(30,31)26(34,35)36/h9-18H,2-8H2,1H3. The van der Waals surface area contributed by atoms with Crippen molar-refractivity contribution >= 4 is 0 Å². The molecule has 0 bridgehead atoms. The summed E-state index contributed by atoms with van der Waals surface area (Å²) in [5.41, 5.74) is 2.14. The van der Waals surface area contributed by atoms with Crippen molar-refractivity contribution in [2.75, 3.05) is 0 Å². The lowest BCUT2D eigenvalue weighted by molar-refractivity contribution is -0.445. The van der Waals surface area contributed by atoms with Crippen molar-refractivity contribution in [2.45, 2.75) is 87.8 Å². The van der Waals surface area contributed by atoms with E-state index in [4.69, 9.17) is 0 Å². The van der Waals surface area contributed by atoms with Gasteiger partial charge in [0, 0.05) is 0 Å². The summed E-state index contributed by atoms with van der Waals surface area (Å²) < 4.78 is 148. The molecule has 12 heteroatoms. The lowest BCUT2D eigenvalue weighted by Gasteiger charge is -2.36. The Balaban J connectivity index is 1.69. The lowest BCUT2D eigenvalue weighted by Crippen LogP contribution is -2.67. The van der Waals surface area contributed by atoms with Crippen LogP contribution in [0.15, 0.2) is 48.5 Å². The molecule has 2 aromatic carbocycles. The van der Waals surface area contributed by atoms with Gasteiger partial charge in [0.15, 0.2) is 0 Å². The van der Waals surface area contributed by atoms with Gasteiger partial charge in [0.1, 0.15) is 5.75 Å². The number of alkyl halides is 11. The highest BCUT2D eigenvalue weighted by molar-refractivity contribution is 5.64. The summed E-state index contributed by atoms with van der Waals surface area (Å²) in [6.45, 7) is 2.16. The largest absolute Gasteiger partial charge is 0.471 e. The molecule has 218 valence electrons. The molecule has 0 N–H and O–H groups in total. The topological polar surface area (TPSA) is 9.23 Å². The first-order valence-electron chi connectivity index (χ1n) is 12.4. The van der Waals surface area contributed by atoms with Gasteiger partial charge in [0.25, 0.3) is 0 Å². The SMILES string of the molecule is CCCCC1CCC(c2ccc(-c3ccc(OC(F)(F)C(F)(F)C(F)(F)C(F)(F)C(F)(F)F)cc3)cc2)CC1. The second-order valence-corrected chi connectivity index (χ2v) is 9.85. The van der Waals surface area contributed by atoms with Gasteiger partial charge >= 0.3 is 30.1 Å². The van der Waals surface area contributed by atoms with E-state index in [2.05, 4.69) is 11.7 Å².